The molecule has 0 aliphatic rings. The van der Waals surface area contributed by atoms with E-state index in [-0.39, 0.29) is 11.6 Å². The van der Waals surface area contributed by atoms with Crippen LogP contribution in [0.2, 0.25) is 0 Å². The molecule has 2 rings (SSSR count). The molecular weight excluding hydrogens is 235 g/mol. The Kier molecular flexibility index (Phi) is 3.49. The standard InChI is InChI=1S/C14H11FOS/c1-10-8-9-17-14(10)7-6-13(16)11-2-4-12(15)5-3-11/h2-9H,1H3/b7-6+. The second kappa shape index (κ2) is 5.06. The van der Waals surface area contributed by atoms with Crippen molar-refractivity contribution >= 4 is 23.2 Å². The van der Waals surface area contributed by atoms with Crippen molar-refractivity contribution in [1.82, 2.24) is 0 Å². The van der Waals surface area contributed by atoms with Crippen molar-refractivity contribution in [3.63, 3.8) is 0 Å². The largest absolute Gasteiger partial charge is 0.289 e. The molecule has 0 N–H and O–H groups in total. The number of allylic oxidation sites excluding steroid dienone is 1. The highest BCUT2D eigenvalue weighted by molar-refractivity contribution is 7.11. The summed E-state index contributed by atoms with van der Waals surface area (Å²) in [5, 5.41) is 1.98. The van der Waals surface area contributed by atoms with Gasteiger partial charge in [0.25, 0.3) is 0 Å². The van der Waals surface area contributed by atoms with Gasteiger partial charge >= 0.3 is 0 Å². The summed E-state index contributed by atoms with van der Waals surface area (Å²) in [6.45, 7) is 2.00. The van der Waals surface area contributed by atoms with E-state index in [1.54, 1.807) is 17.4 Å². The number of thiophene rings is 1. The molecule has 0 bridgehead atoms. The highest BCUT2D eigenvalue weighted by Crippen LogP contribution is 2.17. The summed E-state index contributed by atoms with van der Waals surface area (Å²) in [5.74, 6) is -0.447. The molecule has 0 aliphatic carbocycles. The number of benzene rings is 1. The number of carbonyl (C=O) groups is 1. The van der Waals surface area contributed by atoms with Crippen LogP contribution in [0.15, 0.2) is 41.8 Å². The Hall–Kier alpha value is -1.74. The molecule has 0 aliphatic heterocycles. The molecule has 0 fully saturated rings. The fourth-order valence-corrected chi connectivity index (χ4v) is 2.24. The van der Waals surface area contributed by atoms with Gasteiger partial charge in [0.15, 0.2) is 5.78 Å². The lowest BCUT2D eigenvalue weighted by Gasteiger charge is -1.95. The van der Waals surface area contributed by atoms with Gasteiger partial charge in [-0.2, -0.15) is 0 Å². The molecule has 0 unspecified atom stereocenters. The smallest absolute Gasteiger partial charge is 0.185 e. The normalized spacial score (nSPS) is 10.9. The second-order valence-corrected chi connectivity index (χ2v) is 4.62. The van der Waals surface area contributed by atoms with Gasteiger partial charge in [0.05, 0.1) is 0 Å². The van der Waals surface area contributed by atoms with Gasteiger partial charge in [0.1, 0.15) is 5.82 Å². The van der Waals surface area contributed by atoms with Gasteiger partial charge in [-0.3, -0.25) is 4.79 Å². The van der Waals surface area contributed by atoms with E-state index in [0.717, 1.165) is 10.4 Å². The predicted molar refractivity (Wildman–Crippen MR) is 68.8 cm³/mol. The number of ketones is 1. The Balaban J connectivity index is 2.14. The third-order valence-corrected chi connectivity index (χ3v) is 3.40. The number of rotatable bonds is 3. The van der Waals surface area contributed by atoms with Crippen molar-refractivity contribution in [3.05, 3.63) is 63.6 Å². The highest BCUT2D eigenvalue weighted by Gasteiger charge is 2.02. The average Bonchev–Trinajstić information content (AvgIpc) is 2.73. The lowest BCUT2D eigenvalue weighted by atomic mass is 10.1. The first-order valence-electron chi connectivity index (χ1n) is 5.19. The van der Waals surface area contributed by atoms with Crippen LogP contribution in [0.1, 0.15) is 20.8 Å². The zero-order valence-electron chi connectivity index (χ0n) is 9.31. The van der Waals surface area contributed by atoms with Crippen molar-refractivity contribution in [2.24, 2.45) is 0 Å². The molecule has 1 aromatic heterocycles. The fourth-order valence-electron chi connectivity index (χ4n) is 1.42. The summed E-state index contributed by atoms with van der Waals surface area (Å²) in [6.07, 6.45) is 3.32. The van der Waals surface area contributed by atoms with E-state index in [2.05, 4.69) is 0 Å². The Bertz CT molecular complexity index is 552. The number of hydrogen-bond donors (Lipinski definition) is 0. The van der Waals surface area contributed by atoms with Crippen LogP contribution in [0, 0.1) is 12.7 Å². The third-order valence-electron chi connectivity index (χ3n) is 2.42. The number of hydrogen-bond acceptors (Lipinski definition) is 2. The highest BCUT2D eigenvalue weighted by atomic mass is 32.1. The summed E-state index contributed by atoms with van der Waals surface area (Å²) < 4.78 is 12.7. The van der Waals surface area contributed by atoms with Crippen LogP contribution in [0.4, 0.5) is 4.39 Å². The van der Waals surface area contributed by atoms with Gasteiger partial charge in [-0.15, -0.1) is 11.3 Å². The van der Waals surface area contributed by atoms with Gasteiger partial charge in [0, 0.05) is 10.4 Å². The second-order valence-electron chi connectivity index (χ2n) is 3.67. The average molecular weight is 246 g/mol. The summed E-state index contributed by atoms with van der Waals surface area (Å²) in [4.78, 5) is 12.8. The number of aryl methyl sites for hydroxylation is 1. The van der Waals surface area contributed by atoms with Crippen molar-refractivity contribution in [3.8, 4) is 0 Å². The molecule has 0 radical (unpaired) electrons. The monoisotopic (exact) mass is 246 g/mol. The van der Waals surface area contributed by atoms with Crippen molar-refractivity contribution in [1.29, 1.82) is 0 Å². The SMILES string of the molecule is Cc1ccsc1/C=C/C(=O)c1ccc(F)cc1. The van der Waals surface area contributed by atoms with Crippen molar-refractivity contribution in [2.75, 3.05) is 0 Å². The van der Waals surface area contributed by atoms with E-state index in [0.29, 0.717) is 5.56 Å². The summed E-state index contributed by atoms with van der Waals surface area (Å²) >= 11 is 1.59. The topological polar surface area (TPSA) is 17.1 Å². The molecule has 1 heterocycles. The van der Waals surface area contributed by atoms with Gasteiger partial charge in [-0.05, 0) is 60.4 Å². The maximum atomic E-state index is 12.7. The number of carbonyl (C=O) groups excluding carboxylic acids is 1. The fraction of sp³-hybridized carbons (Fsp3) is 0.0714. The van der Waals surface area contributed by atoms with Crippen LogP contribution >= 0.6 is 11.3 Å². The van der Waals surface area contributed by atoms with Crippen molar-refractivity contribution < 1.29 is 9.18 Å². The summed E-state index contributed by atoms with van der Waals surface area (Å²) in [6, 6.07) is 7.56. The first kappa shape index (κ1) is 11.7. The number of halogens is 1. The van der Waals surface area contributed by atoms with E-state index < -0.39 is 0 Å². The van der Waals surface area contributed by atoms with Gasteiger partial charge < -0.3 is 0 Å². The summed E-state index contributed by atoms with van der Waals surface area (Å²) in [7, 11) is 0. The lowest BCUT2D eigenvalue weighted by molar-refractivity contribution is 0.104. The first-order valence-corrected chi connectivity index (χ1v) is 6.07. The molecule has 3 heteroatoms. The molecule has 2 aromatic rings. The van der Waals surface area contributed by atoms with Gasteiger partial charge in [-0.25, -0.2) is 4.39 Å². The van der Waals surface area contributed by atoms with E-state index in [4.69, 9.17) is 0 Å². The Morgan fingerprint density at radius 1 is 1.24 bits per heavy atom. The predicted octanol–water partition coefficient (Wildman–Crippen LogP) is 4.09. The van der Waals surface area contributed by atoms with Crippen LogP contribution in [0.25, 0.3) is 6.08 Å². The van der Waals surface area contributed by atoms with E-state index >= 15 is 0 Å². The molecule has 1 nitrogen and oxygen atoms in total. The maximum Gasteiger partial charge on any atom is 0.185 e. The Morgan fingerprint density at radius 3 is 2.53 bits per heavy atom. The van der Waals surface area contributed by atoms with Crippen LogP contribution in [-0.4, -0.2) is 5.78 Å². The minimum absolute atomic E-state index is 0.113. The van der Waals surface area contributed by atoms with Gasteiger partial charge in [0.2, 0.25) is 0 Å². The van der Waals surface area contributed by atoms with E-state index in [1.165, 1.54) is 30.3 Å². The van der Waals surface area contributed by atoms with Crippen LogP contribution in [0.3, 0.4) is 0 Å². The molecule has 0 saturated carbocycles. The van der Waals surface area contributed by atoms with E-state index in [9.17, 15) is 9.18 Å². The summed E-state index contributed by atoms with van der Waals surface area (Å²) in [5.41, 5.74) is 1.65. The zero-order valence-corrected chi connectivity index (χ0v) is 10.1. The molecule has 86 valence electrons. The molecular formula is C14H11FOS. The van der Waals surface area contributed by atoms with Crippen molar-refractivity contribution in [2.45, 2.75) is 6.92 Å². The quantitative estimate of drug-likeness (QED) is 0.589. The Morgan fingerprint density at radius 2 is 1.94 bits per heavy atom. The van der Waals surface area contributed by atoms with E-state index in [1.807, 2.05) is 18.4 Å². The first-order chi connectivity index (χ1) is 8.16. The van der Waals surface area contributed by atoms with Crippen LogP contribution < -0.4 is 0 Å². The molecule has 0 spiro atoms. The van der Waals surface area contributed by atoms with Crippen LogP contribution in [0.5, 0.6) is 0 Å². The molecule has 0 atom stereocenters. The molecule has 0 amide bonds. The minimum atomic E-state index is -0.334. The zero-order chi connectivity index (χ0) is 12.3. The Labute approximate surface area is 103 Å². The van der Waals surface area contributed by atoms with Gasteiger partial charge in [-0.1, -0.05) is 0 Å². The minimum Gasteiger partial charge on any atom is -0.289 e. The maximum absolute atomic E-state index is 12.7. The lowest BCUT2D eigenvalue weighted by Crippen LogP contribution is -1.93. The third kappa shape index (κ3) is 2.88. The molecule has 0 saturated heterocycles. The van der Waals surface area contributed by atoms with Crippen LogP contribution in [-0.2, 0) is 0 Å². The molecule has 1 aromatic carbocycles. The molecule has 17 heavy (non-hydrogen) atoms.